The third kappa shape index (κ3) is 7.18. The number of nitrogens with one attached hydrogen (secondary N) is 2. The lowest BCUT2D eigenvalue weighted by Gasteiger charge is -2.30. The van der Waals surface area contributed by atoms with Crippen LogP contribution in [0.15, 0.2) is 30.5 Å². The molecule has 0 spiro atoms. The van der Waals surface area contributed by atoms with E-state index in [0.717, 1.165) is 37.1 Å². The molecule has 29 heavy (non-hydrogen) atoms. The van der Waals surface area contributed by atoms with Crippen molar-refractivity contribution in [3.63, 3.8) is 0 Å². The van der Waals surface area contributed by atoms with Gasteiger partial charge in [-0.2, -0.15) is 0 Å². The SMILES string of the molecule is Cc1cnc(NC2CCC(NCc3ccc(F)c(Cl)c3)CC2)cc1N(C)C.Cl.Cl. The zero-order valence-electron chi connectivity index (χ0n) is 17.0. The highest BCUT2D eigenvalue weighted by atomic mass is 35.5. The maximum atomic E-state index is 13.2. The molecule has 0 amide bonds. The Morgan fingerprint density at radius 1 is 1.10 bits per heavy atom. The zero-order valence-corrected chi connectivity index (χ0v) is 19.4. The molecule has 0 radical (unpaired) electrons. The van der Waals surface area contributed by atoms with Gasteiger partial charge in [0, 0.05) is 50.7 Å². The van der Waals surface area contributed by atoms with Crippen LogP contribution in [0.2, 0.25) is 5.02 Å². The first-order valence-corrected chi connectivity index (χ1v) is 9.88. The van der Waals surface area contributed by atoms with Crippen molar-refractivity contribution in [2.75, 3.05) is 24.3 Å². The molecular weight excluding hydrogens is 434 g/mol. The molecule has 0 unspecified atom stereocenters. The van der Waals surface area contributed by atoms with Crippen LogP contribution in [0.25, 0.3) is 0 Å². The van der Waals surface area contributed by atoms with Crippen molar-refractivity contribution in [2.24, 2.45) is 0 Å². The number of halogens is 4. The van der Waals surface area contributed by atoms with Gasteiger partial charge in [0.25, 0.3) is 0 Å². The first-order valence-electron chi connectivity index (χ1n) is 9.50. The molecule has 0 saturated heterocycles. The summed E-state index contributed by atoms with van der Waals surface area (Å²) in [7, 11) is 4.11. The number of anilines is 2. The van der Waals surface area contributed by atoms with E-state index < -0.39 is 0 Å². The number of pyridine rings is 1. The third-order valence-corrected chi connectivity index (χ3v) is 5.50. The van der Waals surface area contributed by atoms with Crippen LogP contribution in [-0.2, 0) is 6.54 Å². The van der Waals surface area contributed by atoms with Crippen LogP contribution in [0.5, 0.6) is 0 Å². The Labute approximate surface area is 190 Å². The maximum Gasteiger partial charge on any atom is 0.141 e. The number of rotatable bonds is 6. The fourth-order valence-corrected chi connectivity index (χ4v) is 3.84. The largest absolute Gasteiger partial charge is 0.377 e. The molecule has 2 aromatic rings. The summed E-state index contributed by atoms with van der Waals surface area (Å²) in [6.45, 7) is 2.80. The van der Waals surface area contributed by atoms with Gasteiger partial charge in [-0.1, -0.05) is 17.7 Å². The summed E-state index contributed by atoms with van der Waals surface area (Å²) >= 11 is 5.85. The van der Waals surface area contributed by atoms with Gasteiger partial charge in [0.1, 0.15) is 11.6 Å². The van der Waals surface area contributed by atoms with Gasteiger partial charge in [-0.15, -0.1) is 24.8 Å². The smallest absolute Gasteiger partial charge is 0.141 e. The Hall–Kier alpha value is -1.27. The van der Waals surface area contributed by atoms with E-state index in [1.165, 1.54) is 17.3 Å². The molecule has 1 aromatic carbocycles. The summed E-state index contributed by atoms with van der Waals surface area (Å²) in [5.74, 6) is 0.579. The lowest BCUT2D eigenvalue weighted by atomic mass is 9.91. The van der Waals surface area contributed by atoms with E-state index in [0.29, 0.717) is 18.6 Å². The minimum atomic E-state index is -0.367. The van der Waals surface area contributed by atoms with E-state index in [1.54, 1.807) is 12.1 Å². The average Bonchev–Trinajstić information content (AvgIpc) is 2.65. The molecule has 1 saturated carbocycles. The van der Waals surface area contributed by atoms with Crippen molar-refractivity contribution >= 4 is 47.9 Å². The second-order valence-corrected chi connectivity index (χ2v) is 7.98. The number of hydrogen-bond acceptors (Lipinski definition) is 4. The lowest BCUT2D eigenvalue weighted by molar-refractivity contribution is 0.352. The van der Waals surface area contributed by atoms with Crippen LogP contribution >= 0.6 is 36.4 Å². The van der Waals surface area contributed by atoms with Crippen molar-refractivity contribution in [3.8, 4) is 0 Å². The molecule has 0 bridgehead atoms. The van der Waals surface area contributed by atoms with Gasteiger partial charge >= 0.3 is 0 Å². The monoisotopic (exact) mass is 462 g/mol. The summed E-state index contributed by atoms with van der Waals surface area (Å²) in [6.07, 6.45) is 6.36. The van der Waals surface area contributed by atoms with E-state index in [-0.39, 0.29) is 35.7 Å². The van der Waals surface area contributed by atoms with Crippen LogP contribution in [0, 0.1) is 12.7 Å². The quantitative estimate of drug-likeness (QED) is 0.584. The van der Waals surface area contributed by atoms with Crippen molar-refractivity contribution < 1.29 is 4.39 Å². The van der Waals surface area contributed by atoms with Gasteiger partial charge in [-0.3, -0.25) is 0 Å². The summed E-state index contributed by atoms with van der Waals surface area (Å²) < 4.78 is 13.2. The van der Waals surface area contributed by atoms with Crippen LogP contribution in [0.4, 0.5) is 15.9 Å². The maximum absolute atomic E-state index is 13.2. The molecule has 0 atom stereocenters. The highest BCUT2D eigenvalue weighted by Crippen LogP contribution is 2.25. The first-order chi connectivity index (χ1) is 12.9. The molecular formula is C21H30Cl3FN4. The van der Waals surface area contributed by atoms with Crippen molar-refractivity contribution in [1.29, 1.82) is 0 Å². The van der Waals surface area contributed by atoms with Gasteiger partial charge < -0.3 is 15.5 Å². The third-order valence-electron chi connectivity index (χ3n) is 5.21. The molecule has 1 aliphatic carbocycles. The Morgan fingerprint density at radius 3 is 2.38 bits per heavy atom. The average molecular weight is 464 g/mol. The van der Waals surface area contributed by atoms with Gasteiger partial charge in [-0.05, 0) is 55.9 Å². The Balaban J connectivity index is 0.00000210. The molecule has 2 N–H and O–H groups in total. The summed E-state index contributed by atoms with van der Waals surface area (Å²) in [5.41, 5.74) is 3.39. The molecule has 4 nitrogen and oxygen atoms in total. The molecule has 1 aromatic heterocycles. The van der Waals surface area contributed by atoms with E-state index in [4.69, 9.17) is 11.6 Å². The van der Waals surface area contributed by atoms with E-state index in [9.17, 15) is 4.39 Å². The van der Waals surface area contributed by atoms with Gasteiger partial charge in [0.05, 0.1) is 5.02 Å². The highest BCUT2D eigenvalue weighted by Gasteiger charge is 2.21. The molecule has 1 heterocycles. The molecule has 8 heteroatoms. The topological polar surface area (TPSA) is 40.2 Å². The minimum absolute atomic E-state index is 0. The Kier molecular flexibility index (Phi) is 10.5. The Morgan fingerprint density at radius 2 is 1.76 bits per heavy atom. The van der Waals surface area contributed by atoms with E-state index in [2.05, 4.69) is 47.6 Å². The molecule has 1 aliphatic rings. The van der Waals surface area contributed by atoms with Gasteiger partial charge in [0.15, 0.2) is 0 Å². The van der Waals surface area contributed by atoms with Crippen LogP contribution in [0.1, 0.15) is 36.8 Å². The van der Waals surface area contributed by atoms with Gasteiger partial charge in [-0.25, -0.2) is 9.37 Å². The second-order valence-electron chi connectivity index (χ2n) is 7.57. The second kappa shape index (κ2) is 11.8. The molecule has 3 rings (SSSR count). The number of benzene rings is 1. The zero-order chi connectivity index (χ0) is 19.4. The Bertz CT molecular complexity index is 781. The summed E-state index contributed by atoms with van der Waals surface area (Å²) in [4.78, 5) is 6.65. The number of aromatic nitrogens is 1. The van der Waals surface area contributed by atoms with Crippen LogP contribution in [-0.4, -0.2) is 31.2 Å². The van der Waals surface area contributed by atoms with E-state index in [1.807, 2.05) is 6.20 Å². The predicted molar refractivity (Wildman–Crippen MR) is 126 cm³/mol. The fraction of sp³-hybridized carbons (Fsp3) is 0.476. The fourth-order valence-electron chi connectivity index (χ4n) is 3.64. The minimum Gasteiger partial charge on any atom is -0.377 e. The van der Waals surface area contributed by atoms with Crippen molar-refractivity contribution in [2.45, 2.75) is 51.2 Å². The standard InChI is InChI=1S/C21H28ClFN4.2ClH/c1-14-12-25-21(11-20(14)27(2)3)26-17-7-5-16(6-8-17)24-13-15-4-9-19(23)18(22)10-15;;/h4,9-12,16-17,24H,5-8,13H2,1-3H3,(H,25,26);2*1H. The van der Waals surface area contributed by atoms with E-state index >= 15 is 0 Å². The molecule has 162 valence electrons. The number of nitrogens with zero attached hydrogens (tertiary/aromatic N) is 2. The summed E-state index contributed by atoms with van der Waals surface area (Å²) in [5, 5.41) is 7.34. The molecule has 1 fully saturated rings. The number of aryl methyl sites for hydroxylation is 1. The van der Waals surface area contributed by atoms with Crippen LogP contribution in [0.3, 0.4) is 0 Å². The van der Waals surface area contributed by atoms with Crippen molar-refractivity contribution in [3.05, 3.63) is 52.4 Å². The lowest BCUT2D eigenvalue weighted by Crippen LogP contribution is -2.36. The molecule has 0 aliphatic heterocycles. The normalized spacial score (nSPS) is 18.4. The van der Waals surface area contributed by atoms with Gasteiger partial charge in [0.2, 0.25) is 0 Å². The summed E-state index contributed by atoms with van der Waals surface area (Å²) in [6, 6.07) is 7.97. The number of hydrogen-bond donors (Lipinski definition) is 2. The highest BCUT2D eigenvalue weighted by molar-refractivity contribution is 6.30. The van der Waals surface area contributed by atoms with Crippen molar-refractivity contribution in [1.82, 2.24) is 10.3 Å². The van der Waals surface area contributed by atoms with Crippen LogP contribution < -0.4 is 15.5 Å². The first kappa shape index (κ1) is 25.8. The predicted octanol–water partition coefficient (Wildman–Crippen LogP) is 5.61.